The van der Waals surface area contributed by atoms with Crippen LogP contribution in [0.1, 0.15) is 50.9 Å². The van der Waals surface area contributed by atoms with E-state index < -0.39 is 0 Å². The SMILES string of the molecule is CC(C)c1n[nH]c(C(C)C)c1N. The monoisotopic (exact) mass is 167 g/mol. The summed E-state index contributed by atoms with van der Waals surface area (Å²) in [7, 11) is 0. The van der Waals surface area contributed by atoms with E-state index in [-0.39, 0.29) is 0 Å². The summed E-state index contributed by atoms with van der Waals surface area (Å²) in [5.41, 5.74) is 8.78. The van der Waals surface area contributed by atoms with E-state index >= 15 is 0 Å². The van der Waals surface area contributed by atoms with Gasteiger partial charge >= 0.3 is 0 Å². The molecule has 0 unspecified atom stereocenters. The molecule has 0 aromatic carbocycles. The van der Waals surface area contributed by atoms with Crippen LogP contribution in [0, 0.1) is 0 Å². The Labute approximate surface area is 73.4 Å². The fourth-order valence-corrected chi connectivity index (χ4v) is 1.26. The average Bonchev–Trinajstić information content (AvgIpc) is 2.30. The molecule has 1 aromatic heterocycles. The zero-order chi connectivity index (χ0) is 9.30. The smallest absolute Gasteiger partial charge is 0.0879 e. The Balaban J connectivity index is 3.04. The van der Waals surface area contributed by atoms with Crippen LogP contribution in [0.2, 0.25) is 0 Å². The van der Waals surface area contributed by atoms with Crippen molar-refractivity contribution < 1.29 is 0 Å². The second-order valence-corrected chi connectivity index (χ2v) is 3.75. The molecule has 0 aliphatic heterocycles. The highest BCUT2D eigenvalue weighted by Gasteiger charge is 2.14. The van der Waals surface area contributed by atoms with E-state index in [2.05, 4.69) is 37.9 Å². The van der Waals surface area contributed by atoms with Gasteiger partial charge in [0.2, 0.25) is 0 Å². The van der Waals surface area contributed by atoms with Crippen LogP contribution in [0.4, 0.5) is 5.69 Å². The molecule has 0 saturated heterocycles. The zero-order valence-electron chi connectivity index (χ0n) is 8.18. The highest BCUT2D eigenvalue weighted by atomic mass is 15.1. The summed E-state index contributed by atoms with van der Waals surface area (Å²) < 4.78 is 0. The first kappa shape index (κ1) is 9.10. The number of hydrogen-bond donors (Lipinski definition) is 2. The first-order chi connectivity index (χ1) is 5.54. The molecule has 1 heterocycles. The van der Waals surface area contributed by atoms with E-state index in [4.69, 9.17) is 5.73 Å². The minimum Gasteiger partial charge on any atom is -0.396 e. The van der Waals surface area contributed by atoms with Crippen molar-refractivity contribution in [2.75, 3.05) is 5.73 Å². The minimum absolute atomic E-state index is 0.397. The average molecular weight is 167 g/mol. The van der Waals surface area contributed by atoms with Crippen molar-refractivity contribution in [3.8, 4) is 0 Å². The number of nitrogens with two attached hydrogens (primary N) is 1. The second kappa shape index (κ2) is 3.17. The van der Waals surface area contributed by atoms with E-state index in [0.29, 0.717) is 11.8 Å². The van der Waals surface area contributed by atoms with Gasteiger partial charge in [-0.2, -0.15) is 5.10 Å². The molecule has 1 aromatic rings. The molecule has 0 aliphatic rings. The van der Waals surface area contributed by atoms with Gasteiger partial charge in [0.15, 0.2) is 0 Å². The molecule has 68 valence electrons. The van der Waals surface area contributed by atoms with E-state index in [1.165, 1.54) is 0 Å². The van der Waals surface area contributed by atoms with Crippen molar-refractivity contribution in [1.82, 2.24) is 10.2 Å². The molecular weight excluding hydrogens is 150 g/mol. The first-order valence-electron chi connectivity index (χ1n) is 4.37. The highest BCUT2D eigenvalue weighted by Crippen LogP contribution is 2.26. The summed E-state index contributed by atoms with van der Waals surface area (Å²) in [4.78, 5) is 0. The molecule has 0 aliphatic carbocycles. The van der Waals surface area contributed by atoms with Gasteiger partial charge in [0, 0.05) is 0 Å². The largest absolute Gasteiger partial charge is 0.396 e. The number of nitrogens with one attached hydrogen (secondary N) is 1. The highest BCUT2D eigenvalue weighted by molar-refractivity contribution is 5.50. The normalized spacial score (nSPS) is 11.5. The molecule has 0 fully saturated rings. The van der Waals surface area contributed by atoms with Crippen molar-refractivity contribution in [1.29, 1.82) is 0 Å². The van der Waals surface area contributed by atoms with Crippen LogP contribution in [-0.4, -0.2) is 10.2 Å². The Morgan fingerprint density at radius 2 is 1.75 bits per heavy atom. The van der Waals surface area contributed by atoms with Crippen LogP contribution in [-0.2, 0) is 0 Å². The third-order valence-corrected chi connectivity index (χ3v) is 1.99. The summed E-state index contributed by atoms with van der Waals surface area (Å²) in [6, 6.07) is 0. The van der Waals surface area contributed by atoms with Gasteiger partial charge in [-0.25, -0.2) is 0 Å². The zero-order valence-corrected chi connectivity index (χ0v) is 8.18. The van der Waals surface area contributed by atoms with Crippen molar-refractivity contribution in [2.45, 2.75) is 39.5 Å². The fourth-order valence-electron chi connectivity index (χ4n) is 1.26. The molecule has 1 rings (SSSR count). The molecule has 0 saturated carbocycles. The first-order valence-corrected chi connectivity index (χ1v) is 4.37. The predicted molar refractivity (Wildman–Crippen MR) is 51.2 cm³/mol. The topological polar surface area (TPSA) is 54.7 Å². The maximum Gasteiger partial charge on any atom is 0.0879 e. The van der Waals surface area contributed by atoms with Gasteiger partial charge in [-0.3, -0.25) is 5.10 Å². The van der Waals surface area contributed by atoms with E-state index in [9.17, 15) is 0 Å². The van der Waals surface area contributed by atoms with E-state index in [1.54, 1.807) is 0 Å². The van der Waals surface area contributed by atoms with Crippen LogP contribution in [0.3, 0.4) is 0 Å². The summed E-state index contributed by atoms with van der Waals surface area (Å²) in [5.74, 6) is 0.818. The Morgan fingerprint density at radius 1 is 1.17 bits per heavy atom. The third-order valence-electron chi connectivity index (χ3n) is 1.99. The van der Waals surface area contributed by atoms with Crippen LogP contribution in [0.15, 0.2) is 0 Å². The maximum atomic E-state index is 5.91. The van der Waals surface area contributed by atoms with Crippen molar-refractivity contribution >= 4 is 5.69 Å². The minimum atomic E-state index is 0.397. The van der Waals surface area contributed by atoms with Crippen LogP contribution < -0.4 is 5.73 Å². The number of aromatic nitrogens is 2. The number of anilines is 1. The van der Waals surface area contributed by atoms with Crippen molar-refractivity contribution in [3.63, 3.8) is 0 Å². The van der Waals surface area contributed by atoms with E-state index in [1.807, 2.05) is 0 Å². The van der Waals surface area contributed by atoms with Crippen molar-refractivity contribution in [2.24, 2.45) is 0 Å². The fraction of sp³-hybridized carbons (Fsp3) is 0.667. The van der Waals surface area contributed by atoms with Crippen LogP contribution in [0.25, 0.3) is 0 Å². The summed E-state index contributed by atoms with van der Waals surface area (Å²) in [6.07, 6.45) is 0. The Morgan fingerprint density at radius 3 is 2.00 bits per heavy atom. The number of nitrogens with zero attached hydrogens (tertiary/aromatic N) is 1. The lowest BCUT2D eigenvalue weighted by atomic mass is 10.0. The van der Waals surface area contributed by atoms with Gasteiger partial charge in [0.05, 0.1) is 17.1 Å². The maximum absolute atomic E-state index is 5.91. The number of rotatable bonds is 2. The summed E-state index contributed by atoms with van der Waals surface area (Å²) in [6.45, 7) is 8.40. The summed E-state index contributed by atoms with van der Waals surface area (Å²) in [5, 5.41) is 7.17. The second-order valence-electron chi connectivity index (χ2n) is 3.75. The van der Waals surface area contributed by atoms with Gasteiger partial charge in [0.25, 0.3) is 0 Å². The third kappa shape index (κ3) is 1.44. The molecule has 0 radical (unpaired) electrons. The van der Waals surface area contributed by atoms with Crippen LogP contribution >= 0.6 is 0 Å². The van der Waals surface area contributed by atoms with Gasteiger partial charge in [-0.15, -0.1) is 0 Å². The van der Waals surface area contributed by atoms with E-state index in [0.717, 1.165) is 17.1 Å². The van der Waals surface area contributed by atoms with Gasteiger partial charge < -0.3 is 5.73 Å². The Kier molecular flexibility index (Phi) is 2.40. The predicted octanol–water partition coefficient (Wildman–Crippen LogP) is 2.24. The lowest BCUT2D eigenvalue weighted by Crippen LogP contribution is -1.97. The van der Waals surface area contributed by atoms with Crippen LogP contribution in [0.5, 0.6) is 0 Å². The number of hydrogen-bond acceptors (Lipinski definition) is 2. The number of H-pyrrole nitrogens is 1. The Hall–Kier alpha value is -0.990. The molecule has 0 bridgehead atoms. The molecule has 0 spiro atoms. The van der Waals surface area contributed by atoms with Gasteiger partial charge in [0.1, 0.15) is 0 Å². The lowest BCUT2D eigenvalue weighted by molar-refractivity contribution is 0.791. The lowest BCUT2D eigenvalue weighted by Gasteiger charge is -2.04. The molecule has 0 atom stereocenters. The van der Waals surface area contributed by atoms with Gasteiger partial charge in [-0.05, 0) is 11.8 Å². The number of aromatic amines is 1. The summed E-state index contributed by atoms with van der Waals surface area (Å²) >= 11 is 0. The molecule has 12 heavy (non-hydrogen) atoms. The molecule has 3 heteroatoms. The standard InChI is InChI=1S/C9H17N3/c1-5(2)8-7(10)9(6(3)4)12-11-8/h5-6H,10H2,1-4H3,(H,11,12). The van der Waals surface area contributed by atoms with Crippen molar-refractivity contribution in [3.05, 3.63) is 11.4 Å². The molecule has 3 nitrogen and oxygen atoms in total. The molecule has 3 N–H and O–H groups in total. The van der Waals surface area contributed by atoms with Gasteiger partial charge in [-0.1, -0.05) is 27.7 Å². The molecular formula is C9H17N3. The Bertz CT molecular complexity index is 235. The quantitative estimate of drug-likeness (QED) is 0.709. The number of nitrogen functional groups attached to an aromatic ring is 1. The molecule has 0 amide bonds.